The second-order valence-corrected chi connectivity index (χ2v) is 6.35. The molecular formula is C16H14ClF3N2O3. The zero-order valence-corrected chi connectivity index (χ0v) is 13.6. The van der Waals surface area contributed by atoms with Gasteiger partial charge in [-0.2, -0.15) is 13.2 Å². The monoisotopic (exact) mass is 374 g/mol. The molecule has 3 rings (SSSR count). The Balaban J connectivity index is 1.63. The highest BCUT2D eigenvalue weighted by Crippen LogP contribution is 2.59. The number of carboxylic acids is 1. The van der Waals surface area contributed by atoms with E-state index in [4.69, 9.17) is 21.4 Å². The SMILES string of the molecule is O=C(O)c1ccc(-n2ccc(OCCC3(C(F)(F)F)CC3)n2)cc1Cl. The number of rotatable bonds is 6. The molecule has 9 heteroatoms. The largest absolute Gasteiger partial charge is 0.478 e. The summed E-state index contributed by atoms with van der Waals surface area (Å²) in [7, 11) is 0. The van der Waals surface area contributed by atoms with Crippen LogP contribution < -0.4 is 4.74 Å². The molecule has 2 aromatic rings. The molecule has 1 aliphatic carbocycles. The van der Waals surface area contributed by atoms with Crippen LogP contribution in [0.2, 0.25) is 5.02 Å². The zero-order chi connectivity index (χ0) is 18.2. The summed E-state index contributed by atoms with van der Waals surface area (Å²) in [4.78, 5) is 10.9. The number of alkyl halides is 3. The standard InChI is InChI=1S/C16H14ClF3N2O3/c17-12-9-10(1-2-11(12)14(23)24)22-7-3-13(21-22)25-8-6-15(4-5-15)16(18,19)20/h1-3,7,9H,4-6,8H2,(H,23,24). The van der Waals surface area contributed by atoms with Crippen LogP contribution in [0.3, 0.4) is 0 Å². The van der Waals surface area contributed by atoms with Gasteiger partial charge >= 0.3 is 12.1 Å². The summed E-state index contributed by atoms with van der Waals surface area (Å²) < 4.78 is 45.3. The summed E-state index contributed by atoms with van der Waals surface area (Å²) >= 11 is 5.90. The van der Waals surface area contributed by atoms with Crippen molar-refractivity contribution in [3.8, 4) is 11.6 Å². The lowest BCUT2D eigenvalue weighted by Crippen LogP contribution is -2.26. The van der Waals surface area contributed by atoms with Crippen molar-refractivity contribution in [2.45, 2.75) is 25.4 Å². The van der Waals surface area contributed by atoms with E-state index in [2.05, 4.69) is 5.10 Å². The Bertz CT molecular complexity index is 800. The minimum atomic E-state index is -4.20. The van der Waals surface area contributed by atoms with Crippen LogP contribution in [0.15, 0.2) is 30.5 Å². The van der Waals surface area contributed by atoms with Crippen molar-refractivity contribution in [2.24, 2.45) is 5.41 Å². The maximum absolute atomic E-state index is 12.8. The van der Waals surface area contributed by atoms with Crippen LogP contribution in [-0.2, 0) is 0 Å². The number of hydrogen-bond donors (Lipinski definition) is 1. The Kier molecular flexibility index (Phi) is 4.40. The summed E-state index contributed by atoms with van der Waals surface area (Å²) in [5.74, 6) is -0.948. The van der Waals surface area contributed by atoms with Gasteiger partial charge in [0.05, 0.1) is 28.3 Å². The van der Waals surface area contributed by atoms with Gasteiger partial charge in [0.15, 0.2) is 0 Å². The lowest BCUT2D eigenvalue weighted by molar-refractivity contribution is -0.190. The normalized spacial score (nSPS) is 15.8. The Morgan fingerprint density at radius 1 is 1.36 bits per heavy atom. The third kappa shape index (κ3) is 3.58. The first-order valence-corrected chi connectivity index (χ1v) is 7.88. The zero-order valence-electron chi connectivity index (χ0n) is 12.9. The van der Waals surface area contributed by atoms with E-state index in [1.165, 1.54) is 28.9 Å². The Labute approximate surface area is 146 Å². The molecule has 0 bridgehead atoms. The van der Waals surface area contributed by atoms with Crippen LogP contribution in [0.5, 0.6) is 5.88 Å². The highest BCUT2D eigenvalue weighted by Gasteiger charge is 2.62. The van der Waals surface area contributed by atoms with Crippen molar-refractivity contribution in [3.05, 3.63) is 41.0 Å². The fraction of sp³-hybridized carbons (Fsp3) is 0.375. The number of carbonyl (C=O) groups is 1. The van der Waals surface area contributed by atoms with Crippen molar-refractivity contribution in [1.82, 2.24) is 9.78 Å². The van der Waals surface area contributed by atoms with Crippen LogP contribution in [0.1, 0.15) is 29.6 Å². The topological polar surface area (TPSA) is 64.3 Å². The van der Waals surface area contributed by atoms with Crippen molar-refractivity contribution in [3.63, 3.8) is 0 Å². The number of nitrogens with zero attached hydrogens (tertiary/aromatic N) is 2. The lowest BCUT2D eigenvalue weighted by atomic mass is 10.0. The third-order valence-corrected chi connectivity index (χ3v) is 4.61. The lowest BCUT2D eigenvalue weighted by Gasteiger charge is -2.18. The number of benzene rings is 1. The number of halogens is 4. The molecule has 0 atom stereocenters. The average Bonchev–Trinajstić information content (AvgIpc) is 3.17. The summed E-state index contributed by atoms with van der Waals surface area (Å²) in [6, 6.07) is 5.83. The fourth-order valence-corrected chi connectivity index (χ4v) is 2.78. The molecule has 1 N–H and O–H groups in total. The van der Waals surface area contributed by atoms with Crippen LogP contribution in [0, 0.1) is 5.41 Å². The second kappa shape index (κ2) is 6.25. The second-order valence-electron chi connectivity index (χ2n) is 5.94. The van der Waals surface area contributed by atoms with Gasteiger partial charge in [-0.25, -0.2) is 9.48 Å². The molecule has 134 valence electrons. The van der Waals surface area contributed by atoms with Crippen molar-refractivity contribution < 1.29 is 27.8 Å². The third-order valence-electron chi connectivity index (χ3n) is 4.30. The molecule has 25 heavy (non-hydrogen) atoms. The van der Waals surface area contributed by atoms with Gasteiger partial charge < -0.3 is 9.84 Å². The molecule has 1 saturated carbocycles. The average molecular weight is 375 g/mol. The highest BCUT2D eigenvalue weighted by atomic mass is 35.5. The number of ether oxygens (including phenoxy) is 1. The summed E-state index contributed by atoms with van der Waals surface area (Å²) in [6.45, 7) is -0.0742. The molecule has 1 fully saturated rings. The predicted octanol–water partition coefficient (Wildman–Crippen LogP) is 4.34. The van der Waals surface area contributed by atoms with Gasteiger partial charge in [0.25, 0.3) is 0 Å². The van der Waals surface area contributed by atoms with Gasteiger partial charge in [-0.1, -0.05) is 11.6 Å². The van der Waals surface area contributed by atoms with E-state index in [0.29, 0.717) is 5.69 Å². The van der Waals surface area contributed by atoms with E-state index < -0.39 is 17.6 Å². The first kappa shape index (κ1) is 17.6. The molecule has 1 aromatic carbocycles. The van der Waals surface area contributed by atoms with Gasteiger partial charge in [0.2, 0.25) is 5.88 Å². The Hall–Kier alpha value is -2.22. The Morgan fingerprint density at radius 3 is 2.64 bits per heavy atom. The predicted molar refractivity (Wildman–Crippen MR) is 83.4 cm³/mol. The molecule has 5 nitrogen and oxygen atoms in total. The quantitative estimate of drug-likeness (QED) is 0.817. The van der Waals surface area contributed by atoms with E-state index in [0.717, 1.165) is 0 Å². The van der Waals surface area contributed by atoms with Crippen molar-refractivity contribution in [2.75, 3.05) is 6.61 Å². The molecule has 0 spiro atoms. The van der Waals surface area contributed by atoms with Gasteiger partial charge in [-0.15, -0.1) is 5.10 Å². The molecule has 0 saturated heterocycles. The van der Waals surface area contributed by atoms with Crippen LogP contribution in [0.25, 0.3) is 5.69 Å². The smallest absolute Gasteiger partial charge is 0.394 e. The van der Waals surface area contributed by atoms with E-state index in [-0.39, 0.29) is 42.3 Å². The number of aromatic carboxylic acids is 1. The molecular weight excluding hydrogens is 361 g/mol. The molecule has 0 unspecified atom stereocenters. The maximum atomic E-state index is 12.8. The van der Waals surface area contributed by atoms with E-state index >= 15 is 0 Å². The first-order valence-electron chi connectivity index (χ1n) is 7.50. The van der Waals surface area contributed by atoms with Crippen LogP contribution in [-0.4, -0.2) is 33.6 Å². The minimum Gasteiger partial charge on any atom is -0.478 e. The summed E-state index contributed by atoms with van der Waals surface area (Å²) in [6.07, 6.45) is -2.45. The van der Waals surface area contributed by atoms with Crippen LogP contribution in [0.4, 0.5) is 13.2 Å². The van der Waals surface area contributed by atoms with Gasteiger partial charge in [-0.3, -0.25) is 0 Å². The van der Waals surface area contributed by atoms with Gasteiger partial charge in [-0.05, 0) is 37.5 Å². The molecule has 0 aliphatic heterocycles. The van der Waals surface area contributed by atoms with E-state index in [1.807, 2.05) is 0 Å². The van der Waals surface area contributed by atoms with Crippen molar-refractivity contribution >= 4 is 17.6 Å². The van der Waals surface area contributed by atoms with E-state index in [1.54, 1.807) is 6.20 Å². The summed E-state index contributed by atoms with van der Waals surface area (Å²) in [5.41, 5.74) is -1.12. The maximum Gasteiger partial charge on any atom is 0.394 e. The van der Waals surface area contributed by atoms with Crippen LogP contribution >= 0.6 is 11.6 Å². The fourth-order valence-electron chi connectivity index (χ4n) is 2.53. The highest BCUT2D eigenvalue weighted by molar-refractivity contribution is 6.33. The number of carboxylic acid groups (broad SMARTS) is 1. The first-order chi connectivity index (χ1) is 11.7. The minimum absolute atomic E-state index is 0.0315. The molecule has 1 aromatic heterocycles. The number of hydrogen-bond acceptors (Lipinski definition) is 3. The van der Waals surface area contributed by atoms with E-state index in [9.17, 15) is 18.0 Å². The molecule has 0 radical (unpaired) electrons. The number of aromatic nitrogens is 2. The van der Waals surface area contributed by atoms with Gasteiger partial charge in [0, 0.05) is 12.3 Å². The molecule has 1 aliphatic rings. The van der Waals surface area contributed by atoms with Crippen molar-refractivity contribution in [1.29, 1.82) is 0 Å². The Morgan fingerprint density at radius 2 is 2.08 bits per heavy atom. The van der Waals surface area contributed by atoms with Gasteiger partial charge in [0.1, 0.15) is 0 Å². The molecule has 1 heterocycles. The molecule has 0 amide bonds. The summed E-state index contributed by atoms with van der Waals surface area (Å²) in [5, 5.41) is 13.1.